The molecule has 0 saturated carbocycles. The van der Waals surface area contributed by atoms with Gasteiger partial charge in [-0.15, -0.1) is 0 Å². The van der Waals surface area contributed by atoms with Gasteiger partial charge < -0.3 is 15.1 Å². The number of benzene rings is 2. The largest absolute Gasteiger partial charge is 0.368 e. The summed E-state index contributed by atoms with van der Waals surface area (Å²) in [6.07, 6.45) is 0.953. The van der Waals surface area contributed by atoms with Crippen LogP contribution in [0.25, 0.3) is 0 Å². The first-order valence-electron chi connectivity index (χ1n) is 8.03. The van der Waals surface area contributed by atoms with E-state index in [0.717, 1.165) is 36.4 Å². The zero-order valence-corrected chi connectivity index (χ0v) is 13.7. The minimum atomic E-state index is -0.314. The van der Waals surface area contributed by atoms with Gasteiger partial charge in [0.05, 0.1) is 11.4 Å². The molecule has 2 aromatic carbocycles. The van der Waals surface area contributed by atoms with Crippen LogP contribution in [0, 0.1) is 0 Å². The van der Waals surface area contributed by atoms with E-state index in [4.69, 9.17) is 0 Å². The summed E-state index contributed by atoms with van der Waals surface area (Å²) in [6.45, 7) is 1.70. The number of para-hydroxylation sites is 2. The van der Waals surface area contributed by atoms with Crippen LogP contribution in [0.2, 0.25) is 0 Å². The van der Waals surface area contributed by atoms with Gasteiger partial charge in [-0.3, -0.25) is 4.79 Å². The Kier molecular flexibility index (Phi) is 4.63. The third kappa shape index (κ3) is 3.37. The molecule has 0 aromatic heterocycles. The van der Waals surface area contributed by atoms with E-state index in [1.165, 1.54) is 0 Å². The van der Waals surface area contributed by atoms with Gasteiger partial charge in [-0.1, -0.05) is 42.5 Å². The van der Waals surface area contributed by atoms with Gasteiger partial charge in [0.15, 0.2) is 0 Å². The summed E-state index contributed by atoms with van der Waals surface area (Å²) in [4.78, 5) is 17.1. The van der Waals surface area contributed by atoms with E-state index in [-0.39, 0.29) is 11.9 Å². The van der Waals surface area contributed by atoms with E-state index in [1.807, 2.05) is 59.5 Å². The number of fused-ring (bicyclic) bond motifs is 1. The van der Waals surface area contributed by atoms with Crippen LogP contribution in [0.3, 0.4) is 0 Å². The minimum Gasteiger partial charge on any atom is -0.368 e. The second-order valence-electron chi connectivity index (χ2n) is 6.15. The summed E-state index contributed by atoms with van der Waals surface area (Å²) in [7, 11) is 4.11. The van der Waals surface area contributed by atoms with Crippen molar-refractivity contribution >= 4 is 17.3 Å². The Morgan fingerprint density at radius 3 is 2.48 bits per heavy atom. The van der Waals surface area contributed by atoms with Crippen molar-refractivity contribution in [2.45, 2.75) is 12.5 Å². The monoisotopic (exact) mass is 309 g/mol. The second kappa shape index (κ2) is 6.84. The number of carbonyl (C=O) groups excluding carboxylic acids is 1. The van der Waals surface area contributed by atoms with Gasteiger partial charge in [0, 0.05) is 6.54 Å². The van der Waals surface area contributed by atoms with Crippen molar-refractivity contribution in [2.24, 2.45) is 0 Å². The lowest BCUT2D eigenvalue weighted by molar-refractivity contribution is -0.119. The predicted octanol–water partition coefficient (Wildman–Crippen LogP) is 3.14. The number of nitrogens with one attached hydrogen (secondary N) is 1. The van der Waals surface area contributed by atoms with Gasteiger partial charge in [0.2, 0.25) is 0 Å². The van der Waals surface area contributed by atoms with E-state index >= 15 is 0 Å². The quantitative estimate of drug-likeness (QED) is 0.921. The molecule has 1 unspecified atom stereocenters. The van der Waals surface area contributed by atoms with Crippen LogP contribution in [0.15, 0.2) is 54.6 Å². The van der Waals surface area contributed by atoms with E-state index in [2.05, 4.69) is 24.3 Å². The number of carbonyl (C=O) groups is 1. The zero-order valence-electron chi connectivity index (χ0n) is 13.7. The summed E-state index contributed by atoms with van der Waals surface area (Å²) in [5.74, 6) is 0.119. The van der Waals surface area contributed by atoms with Gasteiger partial charge in [0.1, 0.15) is 6.04 Å². The summed E-state index contributed by atoms with van der Waals surface area (Å²) >= 11 is 0. The number of hydrogen-bond acceptors (Lipinski definition) is 3. The van der Waals surface area contributed by atoms with Gasteiger partial charge in [-0.25, -0.2) is 0 Å². The highest BCUT2D eigenvalue weighted by Crippen LogP contribution is 2.36. The molecule has 2 aromatic rings. The number of nitrogens with zero attached hydrogens (tertiary/aromatic N) is 2. The Labute approximate surface area is 137 Å². The first-order valence-corrected chi connectivity index (χ1v) is 8.03. The smallest absolute Gasteiger partial charge is 0.254 e. The lowest BCUT2D eigenvalue weighted by Gasteiger charge is -2.35. The third-order valence-corrected chi connectivity index (χ3v) is 4.13. The van der Waals surface area contributed by atoms with Crippen molar-refractivity contribution in [3.63, 3.8) is 0 Å². The molecule has 0 fully saturated rings. The Bertz CT molecular complexity index is 669. The minimum absolute atomic E-state index is 0.119. The number of hydrogen-bond donors (Lipinski definition) is 1. The molecule has 0 saturated heterocycles. The fraction of sp³-hybridized carbons (Fsp3) is 0.316. The van der Waals surface area contributed by atoms with Crippen LogP contribution in [0.1, 0.15) is 18.0 Å². The fourth-order valence-electron chi connectivity index (χ4n) is 2.97. The van der Waals surface area contributed by atoms with Gasteiger partial charge in [0.25, 0.3) is 5.91 Å². The molecule has 4 heteroatoms. The molecule has 1 aliphatic rings. The summed E-state index contributed by atoms with van der Waals surface area (Å²) in [6, 6.07) is 17.6. The summed E-state index contributed by atoms with van der Waals surface area (Å²) < 4.78 is 0. The molecule has 1 amide bonds. The van der Waals surface area contributed by atoms with Crippen molar-refractivity contribution in [3.8, 4) is 0 Å². The van der Waals surface area contributed by atoms with E-state index < -0.39 is 0 Å². The van der Waals surface area contributed by atoms with E-state index in [0.29, 0.717) is 0 Å². The molecule has 1 N–H and O–H groups in total. The number of rotatable bonds is 5. The van der Waals surface area contributed by atoms with Crippen LogP contribution >= 0.6 is 0 Å². The molecule has 0 radical (unpaired) electrons. The van der Waals surface area contributed by atoms with Crippen LogP contribution < -0.4 is 10.2 Å². The number of anilines is 2. The zero-order chi connectivity index (χ0) is 16.2. The maximum absolute atomic E-state index is 13.0. The second-order valence-corrected chi connectivity index (χ2v) is 6.15. The Hall–Kier alpha value is -2.33. The van der Waals surface area contributed by atoms with Gasteiger partial charge in [-0.2, -0.15) is 0 Å². The summed E-state index contributed by atoms with van der Waals surface area (Å²) in [5.41, 5.74) is 3.00. The highest BCUT2D eigenvalue weighted by molar-refractivity contribution is 6.05. The Balaban J connectivity index is 1.88. The molecule has 1 heterocycles. The normalized spacial score (nSPS) is 17.1. The van der Waals surface area contributed by atoms with Gasteiger partial charge in [-0.05, 0) is 44.8 Å². The Morgan fingerprint density at radius 1 is 1.04 bits per heavy atom. The SMILES string of the molecule is CN(C)CCCN1C(=O)C(c2ccccc2)Nc2ccccc21. The summed E-state index contributed by atoms with van der Waals surface area (Å²) in [5, 5.41) is 3.39. The lowest BCUT2D eigenvalue weighted by atomic mass is 10.0. The maximum Gasteiger partial charge on any atom is 0.254 e. The molecule has 0 spiro atoms. The van der Waals surface area contributed by atoms with Crippen LogP contribution in [0.5, 0.6) is 0 Å². The first kappa shape index (κ1) is 15.6. The van der Waals surface area contributed by atoms with Gasteiger partial charge >= 0.3 is 0 Å². The van der Waals surface area contributed by atoms with Crippen LogP contribution in [0.4, 0.5) is 11.4 Å². The molecule has 0 bridgehead atoms. The predicted molar refractivity (Wildman–Crippen MR) is 94.8 cm³/mol. The van der Waals surface area contributed by atoms with Crippen molar-refractivity contribution in [1.82, 2.24) is 4.90 Å². The molecule has 1 atom stereocenters. The topological polar surface area (TPSA) is 35.6 Å². The maximum atomic E-state index is 13.0. The standard InChI is InChI=1S/C19H23N3O/c1-21(2)13-8-14-22-17-12-7-6-11-16(17)20-18(19(22)23)15-9-4-3-5-10-15/h3-7,9-12,18,20H,8,13-14H2,1-2H3. The van der Waals surface area contributed by atoms with E-state index in [1.54, 1.807) is 0 Å². The average molecular weight is 309 g/mol. The van der Waals surface area contributed by atoms with E-state index in [9.17, 15) is 4.79 Å². The van der Waals surface area contributed by atoms with Crippen molar-refractivity contribution in [2.75, 3.05) is 37.4 Å². The fourth-order valence-corrected chi connectivity index (χ4v) is 2.97. The molecular formula is C19H23N3O. The van der Waals surface area contributed by atoms with Crippen molar-refractivity contribution in [1.29, 1.82) is 0 Å². The highest BCUT2D eigenvalue weighted by atomic mass is 16.2. The molecule has 4 nitrogen and oxygen atoms in total. The Morgan fingerprint density at radius 2 is 1.74 bits per heavy atom. The molecule has 0 aliphatic carbocycles. The lowest BCUT2D eigenvalue weighted by Crippen LogP contribution is -2.43. The van der Waals surface area contributed by atoms with Crippen molar-refractivity contribution < 1.29 is 4.79 Å². The first-order chi connectivity index (χ1) is 11.2. The van der Waals surface area contributed by atoms with Crippen molar-refractivity contribution in [3.05, 3.63) is 60.2 Å². The number of amides is 1. The van der Waals surface area contributed by atoms with Crippen LogP contribution in [-0.2, 0) is 4.79 Å². The molecule has 1 aliphatic heterocycles. The highest BCUT2D eigenvalue weighted by Gasteiger charge is 2.32. The molecular weight excluding hydrogens is 286 g/mol. The molecule has 3 rings (SSSR count). The third-order valence-electron chi connectivity index (χ3n) is 4.13. The molecule has 120 valence electrons. The molecule has 23 heavy (non-hydrogen) atoms. The average Bonchev–Trinajstić information content (AvgIpc) is 2.57. The van der Waals surface area contributed by atoms with Crippen LogP contribution in [-0.4, -0.2) is 38.0 Å².